The molecule has 0 unspecified atom stereocenters. The van der Waals surface area contributed by atoms with Gasteiger partial charge in [0.2, 0.25) is 10.9 Å². The van der Waals surface area contributed by atoms with Gasteiger partial charge in [-0.05, 0) is 46.4 Å². The van der Waals surface area contributed by atoms with E-state index in [-0.39, 0.29) is 10.9 Å². The van der Waals surface area contributed by atoms with Gasteiger partial charge >= 0.3 is 0 Å². The Bertz CT molecular complexity index is 572. The number of nitrogens with zero attached hydrogens (tertiary/aromatic N) is 1. The molecule has 0 aliphatic carbocycles. The number of anilines is 1. The first kappa shape index (κ1) is 23.7. The maximum Gasteiger partial charge on any atom is 0.249 e. The topological polar surface area (TPSA) is 89.1 Å². The third kappa shape index (κ3) is 9.44. The number of ether oxygens (including phenoxy) is 3. The largest absolute Gasteiger partial charge is 0.382 e. The van der Waals surface area contributed by atoms with E-state index in [0.717, 1.165) is 39.0 Å². The predicted molar refractivity (Wildman–Crippen MR) is 108 cm³/mol. The van der Waals surface area contributed by atoms with Crippen molar-refractivity contribution in [2.45, 2.75) is 19.8 Å². The summed E-state index contributed by atoms with van der Waals surface area (Å²) in [6.07, 6.45) is 1.97. The zero-order valence-corrected chi connectivity index (χ0v) is 17.0. The molecule has 0 amide bonds. The standard InChI is InChI=1S/C19H35N3O5/c1-16-17(19(24)18(16)23)21-7-5-9-22(8-4-6-20-2)10-11-26-14-15-27-13-12-25-3/h20-21H,4-15H2,1-3H3. The van der Waals surface area contributed by atoms with Crippen molar-refractivity contribution in [2.75, 3.05) is 85.2 Å². The Morgan fingerprint density at radius 3 is 2.11 bits per heavy atom. The van der Waals surface area contributed by atoms with Gasteiger partial charge in [-0.3, -0.25) is 9.59 Å². The molecule has 0 heterocycles. The molecule has 8 nitrogen and oxygen atoms in total. The molecule has 0 saturated carbocycles. The molecular formula is C19H35N3O5. The maximum atomic E-state index is 11.4. The average molecular weight is 386 g/mol. The summed E-state index contributed by atoms with van der Waals surface area (Å²) in [4.78, 5) is 25.0. The average Bonchev–Trinajstić information content (AvgIpc) is 2.68. The lowest BCUT2D eigenvalue weighted by molar-refractivity contribution is 0.0194. The van der Waals surface area contributed by atoms with Gasteiger partial charge < -0.3 is 29.7 Å². The first-order valence-electron chi connectivity index (χ1n) is 9.67. The summed E-state index contributed by atoms with van der Waals surface area (Å²) in [6.45, 7) is 9.13. The van der Waals surface area contributed by atoms with Crippen molar-refractivity contribution >= 4 is 5.69 Å². The van der Waals surface area contributed by atoms with Crippen LogP contribution in [0.4, 0.5) is 5.69 Å². The van der Waals surface area contributed by atoms with Crippen LogP contribution in [0.5, 0.6) is 0 Å². The molecule has 0 spiro atoms. The number of hydrogen-bond acceptors (Lipinski definition) is 8. The molecule has 8 heteroatoms. The summed E-state index contributed by atoms with van der Waals surface area (Å²) in [5.74, 6) is 0. The molecule has 2 N–H and O–H groups in total. The highest BCUT2D eigenvalue weighted by Crippen LogP contribution is 2.05. The lowest BCUT2D eigenvalue weighted by atomic mass is 10.1. The SMILES string of the molecule is CNCCCN(CCCNc1c(C)c(=O)c1=O)CCOCCOCCOC. The zero-order chi connectivity index (χ0) is 19.9. The van der Waals surface area contributed by atoms with E-state index in [9.17, 15) is 9.59 Å². The van der Waals surface area contributed by atoms with Crippen LogP contribution in [0.3, 0.4) is 0 Å². The van der Waals surface area contributed by atoms with Gasteiger partial charge in [0.1, 0.15) is 0 Å². The van der Waals surface area contributed by atoms with Crippen LogP contribution in [0.1, 0.15) is 18.4 Å². The van der Waals surface area contributed by atoms with Crippen LogP contribution in [0.15, 0.2) is 9.59 Å². The molecule has 1 aromatic carbocycles. The van der Waals surface area contributed by atoms with Crippen LogP contribution in [-0.4, -0.2) is 84.8 Å². The Morgan fingerprint density at radius 1 is 0.852 bits per heavy atom. The van der Waals surface area contributed by atoms with E-state index < -0.39 is 0 Å². The Morgan fingerprint density at radius 2 is 1.48 bits per heavy atom. The smallest absolute Gasteiger partial charge is 0.249 e. The summed E-state index contributed by atoms with van der Waals surface area (Å²) in [6, 6.07) is 0. The van der Waals surface area contributed by atoms with E-state index in [0.29, 0.717) is 50.8 Å². The summed E-state index contributed by atoms with van der Waals surface area (Å²) >= 11 is 0. The normalized spacial score (nSPS) is 11.6. The van der Waals surface area contributed by atoms with Crippen LogP contribution in [0.2, 0.25) is 0 Å². The lowest BCUT2D eigenvalue weighted by Crippen LogP contribution is -2.37. The first-order chi connectivity index (χ1) is 13.1. The number of hydrogen-bond donors (Lipinski definition) is 2. The van der Waals surface area contributed by atoms with Gasteiger partial charge in [-0.25, -0.2) is 0 Å². The molecule has 0 aliphatic heterocycles. The second-order valence-electron chi connectivity index (χ2n) is 6.45. The van der Waals surface area contributed by atoms with Crippen molar-refractivity contribution in [1.82, 2.24) is 10.2 Å². The fourth-order valence-corrected chi connectivity index (χ4v) is 2.71. The van der Waals surface area contributed by atoms with Crippen LogP contribution in [-0.2, 0) is 14.2 Å². The van der Waals surface area contributed by atoms with E-state index in [1.807, 2.05) is 7.05 Å². The van der Waals surface area contributed by atoms with Gasteiger partial charge in [0.05, 0.1) is 38.7 Å². The van der Waals surface area contributed by atoms with E-state index >= 15 is 0 Å². The lowest BCUT2D eigenvalue weighted by Gasteiger charge is -2.22. The Kier molecular flexibility index (Phi) is 12.9. The first-order valence-corrected chi connectivity index (χ1v) is 9.67. The van der Waals surface area contributed by atoms with Crippen molar-refractivity contribution in [3.63, 3.8) is 0 Å². The van der Waals surface area contributed by atoms with Gasteiger partial charge in [-0.2, -0.15) is 0 Å². The monoisotopic (exact) mass is 385 g/mol. The fourth-order valence-electron chi connectivity index (χ4n) is 2.71. The quantitative estimate of drug-likeness (QED) is 0.269. The van der Waals surface area contributed by atoms with Crippen LogP contribution < -0.4 is 21.5 Å². The highest BCUT2D eigenvalue weighted by Gasteiger charge is 2.15. The van der Waals surface area contributed by atoms with Crippen molar-refractivity contribution < 1.29 is 14.2 Å². The van der Waals surface area contributed by atoms with Crippen LogP contribution >= 0.6 is 0 Å². The second kappa shape index (κ2) is 14.7. The molecule has 0 fully saturated rings. The molecule has 0 radical (unpaired) electrons. The van der Waals surface area contributed by atoms with Crippen molar-refractivity contribution in [3.05, 3.63) is 26.0 Å². The molecule has 156 valence electrons. The maximum absolute atomic E-state index is 11.4. The van der Waals surface area contributed by atoms with E-state index in [1.54, 1.807) is 14.0 Å². The molecule has 0 saturated heterocycles. The van der Waals surface area contributed by atoms with Crippen molar-refractivity contribution in [1.29, 1.82) is 0 Å². The molecule has 1 aromatic rings. The number of methoxy groups -OCH3 is 1. The van der Waals surface area contributed by atoms with E-state index in [2.05, 4.69) is 15.5 Å². The third-order valence-corrected chi connectivity index (χ3v) is 4.36. The summed E-state index contributed by atoms with van der Waals surface area (Å²) in [5.41, 5.74) is 0.277. The molecule has 0 atom stereocenters. The molecule has 0 aromatic heterocycles. The minimum absolute atomic E-state index is 0.366. The zero-order valence-electron chi connectivity index (χ0n) is 17.0. The fraction of sp³-hybridized carbons (Fsp3) is 0.789. The summed E-state index contributed by atoms with van der Waals surface area (Å²) in [7, 11) is 3.60. The van der Waals surface area contributed by atoms with Crippen LogP contribution in [0.25, 0.3) is 0 Å². The minimum Gasteiger partial charge on any atom is -0.382 e. The summed E-state index contributed by atoms with van der Waals surface area (Å²) < 4.78 is 15.9. The van der Waals surface area contributed by atoms with E-state index in [4.69, 9.17) is 14.2 Å². The number of nitrogens with one attached hydrogen (secondary N) is 2. The van der Waals surface area contributed by atoms with Crippen molar-refractivity contribution in [3.8, 4) is 0 Å². The third-order valence-electron chi connectivity index (χ3n) is 4.36. The Balaban J connectivity index is 2.18. The highest BCUT2D eigenvalue weighted by atomic mass is 16.5. The van der Waals surface area contributed by atoms with Crippen molar-refractivity contribution in [2.24, 2.45) is 0 Å². The Labute approximate surface area is 161 Å². The summed E-state index contributed by atoms with van der Waals surface area (Å²) in [5, 5.41) is 6.25. The molecule has 0 aliphatic rings. The highest BCUT2D eigenvalue weighted by molar-refractivity contribution is 5.55. The minimum atomic E-state index is -0.389. The molecular weight excluding hydrogens is 350 g/mol. The molecule has 1 rings (SSSR count). The predicted octanol–water partition coefficient (Wildman–Crippen LogP) is -0.0159. The van der Waals surface area contributed by atoms with Gasteiger partial charge in [0.15, 0.2) is 0 Å². The molecule has 0 bridgehead atoms. The van der Waals surface area contributed by atoms with E-state index in [1.165, 1.54) is 0 Å². The number of rotatable bonds is 18. The van der Waals surface area contributed by atoms with Gasteiger partial charge in [0, 0.05) is 25.8 Å². The van der Waals surface area contributed by atoms with Gasteiger partial charge in [0.25, 0.3) is 0 Å². The van der Waals surface area contributed by atoms with Gasteiger partial charge in [-0.15, -0.1) is 0 Å². The van der Waals surface area contributed by atoms with Gasteiger partial charge in [-0.1, -0.05) is 0 Å². The van der Waals surface area contributed by atoms with Crippen LogP contribution in [0, 0.1) is 6.92 Å². The molecule has 27 heavy (non-hydrogen) atoms. The second-order valence-corrected chi connectivity index (χ2v) is 6.45. The Hall–Kier alpha value is -1.32.